The molecule has 1 aliphatic heterocycles. The lowest BCUT2D eigenvalue weighted by molar-refractivity contribution is 0.570. The van der Waals surface area contributed by atoms with Crippen molar-refractivity contribution in [1.82, 2.24) is 5.32 Å². The summed E-state index contributed by atoms with van der Waals surface area (Å²) in [4.78, 5) is 0. The summed E-state index contributed by atoms with van der Waals surface area (Å²) in [5, 5.41) is 6.89. The van der Waals surface area contributed by atoms with E-state index < -0.39 is 0 Å². The lowest BCUT2D eigenvalue weighted by atomic mass is 10.1. The molecule has 0 unspecified atom stereocenters. The third-order valence-corrected chi connectivity index (χ3v) is 3.08. The van der Waals surface area contributed by atoms with Crippen LogP contribution in [0.15, 0.2) is 18.2 Å². The van der Waals surface area contributed by atoms with Gasteiger partial charge in [0, 0.05) is 18.3 Å². The van der Waals surface area contributed by atoms with E-state index >= 15 is 0 Å². The third kappa shape index (κ3) is 2.99. The molecule has 0 spiro atoms. The number of rotatable bonds is 5. The summed E-state index contributed by atoms with van der Waals surface area (Å²) < 4.78 is 0. The van der Waals surface area contributed by atoms with Gasteiger partial charge in [0.15, 0.2) is 0 Å². The molecule has 0 radical (unpaired) electrons. The standard InChI is InChI=1S/C14H22N2/c1-11(2)15-8-3-4-12-5-6-13-7-9-16-14(13)10-12/h5-6,10-11,15-16H,3-4,7-9H2,1-2H3. The summed E-state index contributed by atoms with van der Waals surface area (Å²) in [6.07, 6.45) is 3.58. The molecule has 2 heteroatoms. The summed E-state index contributed by atoms with van der Waals surface area (Å²) in [5.41, 5.74) is 4.29. The van der Waals surface area contributed by atoms with Gasteiger partial charge in [0.1, 0.15) is 0 Å². The Hall–Kier alpha value is -1.02. The molecule has 0 saturated carbocycles. The van der Waals surface area contributed by atoms with Gasteiger partial charge >= 0.3 is 0 Å². The molecule has 0 bridgehead atoms. The highest BCUT2D eigenvalue weighted by molar-refractivity contribution is 5.57. The number of hydrogen-bond donors (Lipinski definition) is 2. The van der Waals surface area contributed by atoms with Crippen molar-refractivity contribution in [1.29, 1.82) is 0 Å². The summed E-state index contributed by atoms with van der Waals surface area (Å²) in [5.74, 6) is 0. The molecule has 0 fully saturated rings. The van der Waals surface area contributed by atoms with E-state index in [-0.39, 0.29) is 0 Å². The molecule has 1 aromatic carbocycles. The van der Waals surface area contributed by atoms with Crippen molar-refractivity contribution < 1.29 is 0 Å². The first-order valence-electron chi connectivity index (χ1n) is 6.35. The minimum atomic E-state index is 0.599. The Morgan fingerprint density at radius 2 is 2.25 bits per heavy atom. The van der Waals surface area contributed by atoms with Gasteiger partial charge in [0.05, 0.1) is 0 Å². The maximum Gasteiger partial charge on any atom is 0.0376 e. The van der Waals surface area contributed by atoms with Gasteiger partial charge in [0.25, 0.3) is 0 Å². The van der Waals surface area contributed by atoms with E-state index in [1.54, 1.807) is 0 Å². The second-order valence-electron chi connectivity index (χ2n) is 4.88. The Morgan fingerprint density at radius 1 is 1.38 bits per heavy atom. The lowest BCUT2D eigenvalue weighted by Gasteiger charge is -2.08. The number of aryl methyl sites for hydroxylation is 1. The van der Waals surface area contributed by atoms with Gasteiger partial charge in [-0.25, -0.2) is 0 Å². The molecule has 0 atom stereocenters. The smallest absolute Gasteiger partial charge is 0.0376 e. The summed E-state index contributed by atoms with van der Waals surface area (Å²) in [6, 6.07) is 7.47. The first-order valence-corrected chi connectivity index (χ1v) is 6.35. The predicted molar refractivity (Wildman–Crippen MR) is 70.1 cm³/mol. The van der Waals surface area contributed by atoms with Crippen molar-refractivity contribution in [3.8, 4) is 0 Å². The topological polar surface area (TPSA) is 24.1 Å². The normalized spacial score (nSPS) is 13.9. The summed E-state index contributed by atoms with van der Waals surface area (Å²) in [7, 11) is 0. The van der Waals surface area contributed by atoms with Crippen molar-refractivity contribution in [2.24, 2.45) is 0 Å². The van der Waals surface area contributed by atoms with Crippen molar-refractivity contribution >= 4 is 5.69 Å². The van der Waals surface area contributed by atoms with Gasteiger partial charge in [0.2, 0.25) is 0 Å². The van der Waals surface area contributed by atoms with Gasteiger partial charge < -0.3 is 10.6 Å². The quantitative estimate of drug-likeness (QED) is 0.742. The van der Waals surface area contributed by atoms with Crippen LogP contribution in [-0.2, 0) is 12.8 Å². The molecule has 2 nitrogen and oxygen atoms in total. The minimum absolute atomic E-state index is 0.599. The van der Waals surface area contributed by atoms with Gasteiger partial charge in [-0.15, -0.1) is 0 Å². The molecule has 0 amide bonds. The molecule has 2 N–H and O–H groups in total. The maximum absolute atomic E-state index is 3.45. The van der Waals surface area contributed by atoms with Crippen molar-refractivity contribution in [2.75, 3.05) is 18.4 Å². The summed E-state index contributed by atoms with van der Waals surface area (Å²) in [6.45, 7) is 6.61. The highest BCUT2D eigenvalue weighted by Gasteiger charge is 2.09. The monoisotopic (exact) mass is 218 g/mol. The molecular weight excluding hydrogens is 196 g/mol. The molecule has 2 rings (SSSR count). The number of anilines is 1. The van der Waals surface area contributed by atoms with E-state index in [0.717, 1.165) is 13.1 Å². The van der Waals surface area contributed by atoms with E-state index in [1.165, 1.54) is 36.1 Å². The zero-order valence-corrected chi connectivity index (χ0v) is 10.3. The number of nitrogens with one attached hydrogen (secondary N) is 2. The first-order chi connectivity index (χ1) is 7.75. The fourth-order valence-electron chi connectivity index (χ4n) is 2.18. The van der Waals surface area contributed by atoms with Crippen molar-refractivity contribution in [3.63, 3.8) is 0 Å². The zero-order chi connectivity index (χ0) is 11.4. The lowest BCUT2D eigenvalue weighted by Crippen LogP contribution is -2.23. The molecule has 0 aliphatic carbocycles. The highest BCUT2D eigenvalue weighted by atomic mass is 14.9. The fourth-order valence-corrected chi connectivity index (χ4v) is 2.18. The van der Waals surface area contributed by atoms with Crippen LogP contribution in [0.2, 0.25) is 0 Å². The molecule has 0 saturated heterocycles. The largest absolute Gasteiger partial charge is 0.384 e. The average molecular weight is 218 g/mol. The van der Waals surface area contributed by atoms with Crippen LogP contribution in [0.5, 0.6) is 0 Å². The van der Waals surface area contributed by atoms with E-state index in [4.69, 9.17) is 0 Å². The molecule has 1 aromatic rings. The molecule has 88 valence electrons. The van der Waals surface area contributed by atoms with Crippen LogP contribution < -0.4 is 10.6 Å². The van der Waals surface area contributed by atoms with Gasteiger partial charge in [-0.1, -0.05) is 26.0 Å². The second kappa shape index (κ2) is 5.35. The maximum atomic E-state index is 3.45. The SMILES string of the molecule is CC(C)NCCCc1ccc2c(c1)NCC2. The molecule has 1 aliphatic rings. The van der Waals surface area contributed by atoms with Crippen LogP contribution in [0.4, 0.5) is 5.69 Å². The first kappa shape index (κ1) is 11.5. The second-order valence-corrected chi connectivity index (χ2v) is 4.88. The Morgan fingerprint density at radius 3 is 3.06 bits per heavy atom. The molecule has 0 aromatic heterocycles. The van der Waals surface area contributed by atoms with Crippen molar-refractivity contribution in [3.05, 3.63) is 29.3 Å². The van der Waals surface area contributed by atoms with Crippen LogP contribution in [0.3, 0.4) is 0 Å². The van der Waals surface area contributed by atoms with Gasteiger partial charge in [-0.2, -0.15) is 0 Å². The van der Waals surface area contributed by atoms with E-state index in [0.29, 0.717) is 6.04 Å². The minimum Gasteiger partial charge on any atom is -0.384 e. The number of hydrogen-bond acceptors (Lipinski definition) is 2. The summed E-state index contributed by atoms with van der Waals surface area (Å²) >= 11 is 0. The Balaban J connectivity index is 1.81. The van der Waals surface area contributed by atoms with Crippen molar-refractivity contribution in [2.45, 2.75) is 39.2 Å². The van der Waals surface area contributed by atoms with E-state index in [2.05, 4.69) is 42.7 Å². The fraction of sp³-hybridized carbons (Fsp3) is 0.571. The average Bonchev–Trinajstić information content (AvgIpc) is 2.71. The Bertz CT molecular complexity index is 345. The van der Waals surface area contributed by atoms with Gasteiger partial charge in [-0.3, -0.25) is 0 Å². The van der Waals surface area contributed by atoms with Crippen LogP contribution in [0.1, 0.15) is 31.4 Å². The Labute approximate surface area is 98.4 Å². The van der Waals surface area contributed by atoms with Crippen LogP contribution in [0, 0.1) is 0 Å². The van der Waals surface area contributed by atoms with Crippen LogP contribution in [0.25, 0.3) is 0 Å². The number of fused-ring (bicyclic) bond motifs is 1. The molecular formula is C14H22N2. The highest BCUT2D eigenvalue weighted by Crippen LogP contribution is 2.23. The predicted octanol–water partition coefficient (Wildman–Crippen LogP) is 2.59. The Kier molecular flexibility index (Phi) is 3.83. The van der Waals surface area contributed by atoms with E-state index in [9.17, 15) is 0 Å². The number of benzene rings is 1. The molecule has 16 heavy (non-hydrogen) atoms. The van der Waals surface area contributed by atoms with Crippen LogP contribution in [-0.4, -0.2) is 19.1 Å². The zero-order valence-electron chi connectivity index (χ0n) is 10.3. The molecule has 1 heterocycles. The van der Waals surface area contributed by atoms with E-state index in [1.807, 2.05) is 0 Å². The van der Waals surface area contributed by atoms with Crippen LogP contribution >= 0.6 is 0 Å². The van der Waals surface area contributed by atoms with Gasteiger partial charge in [-0.05, 0) is 43.0 Å². The third-order valence-electron chi connectivity index (χ3n) is 3.08.